The van der Waals surface area contributed by atoms with Gasteiger partial charge < -0.3 is 5.32 Å². The predicted molar refractivity (Wildman–Crippen MR) is 68.2 cm³/mol. The lowest BCUT2D eigenvalue weighted by atomic mass is 9.97. The highest BCUT2D eigenvalue weighted by molar-refractivity contribution is 5.34. The Balaban J connectivity index is 2.56. The Bertz CT molecular complexity index is 634. The topological polar surface area (TPSA) is 12.0 Å². The summed E-state index contributed by atoms with van der Waals surface area (Å²) < 4.78 is 66.8. The van der Waals surface area contributed by atoms with Gasteiger partial charge in [0.05, 0.1) is 6.04 Å². The summed E-state index contributed by atoms with van der Waals surface area (Å²) in [6, 6.07) is 4.05. The molecular weight excluding hydrogens is 289 g/mol. The molecule has 0 aromatic heterocycles. The normalized spacial score (nSPS) is 12.5. The largest absolute Gasteiger partial charge is 0.306 e. The molecule has 0 bridgehead atoms. The highest BCUT2D eigenvalue weighted by Crippen LogP contribution is 2.27. The van der Waals surface area contributed by atoms with Crippen molar-refractivity contribution >= 4 is 0 Å². The molecule has 0 aliphatic rings. The van der Waals surface area contributed by atoms with Crippen molar-refractivity contribution in [1.29, 1.82) is 0 Å². The number of halogens is 5. The molecule has 0 saturated carbocycles. The first-order valence-corrected chi connectivity index (χ1v) is 6.27. The molecule has 0 heterocycles. The average Bonchev–Trinajstić information content (AvgIpc) is 2.45. The van der Waals surface area contributed by atoms with E-state index in [0.717, 1.165) is 18.2 Å². The number of hydrogen-bond donors (Lipinski definition) is 1. The molecule has 0 saturated heterocycles. The van der Waals surface area contributed by atoms with Crippen LogP contribution < -0.4 is 5.32 Å². The fraction of sp³-hybridized carbons (Fsp3) is 0.200. The van der Waals surface area contributed by atoms with Crippen LogP contribution in [0.4, 0.5) is 22.0 Å². The summed E-state index contributed by atoms with van der Waals surface area (Å²) in [7, 11) is 0. The van der Waals surface area contributed by atoms with Gasteiger partial charge in [-0.1, -0.05) is 19.1 Å². The SMILES string of the molecule is CCNC(c1cc(F)c(F)c(F)c1)c1cccc(F)c1F. The van der Waals surface area contributed by atoms with Crippen molar-refractivity contribution in [1.82, 2.24) is 5.32 Å². The lowest BCUT2D eigenvalue weighted by Gasteiger charge is -2.20. The maximum absolute atomic E-state index is 13.9. The molecule has 21 heavy (non-hydrogen) atoms. The maximum atomic E-state index is 13.9. The molecule has 6 heteroatoms. The summed E-state index contributed by atoms with van der Waals surface area (Å²) >= 11 is 0. The van der Waals surface area contributed by atoms with E-state index in [4.69, 9.17) is 0 Å². The van der Waals surface area contributed by atoms with E-state index in [-0.39, 0.29) is 11.1 Å². The summed E-state index contributed by atoms with van der Waals surface area (Å²) in [5.74, 6) is -6.56. The zero-order valence-electron chi connectivity index (χ0n) is 11.1. The Morgan fingerprint density at radius 1 is 0.905 bits per heavy atom. The zero-order chi connectivity index (χ0) is 15.6. The molecule has 0 spiro atoms. The van der Waals surface area contributed by atoms with Crippen LogP contribution in [0.1, 0.15) is 24.1 Å². The summed E-state index contributed by atoms with van der Waals surface area (Å²) in [6.45, 7) is 2.03. The summed E-state index contributed by atoms with van der Waals surface area (Å²) in [6.07, 6.45) is 0. The first kappa shape index (κ1) is 15.4. The maximum Gasteiger partial charge on any atom is 0.194 e. The summed E-state index contributed by atoms with van der Waals surface area (Å²) in [5.41, 5.74) is -0.139. The molecule has 0 aliphatic carbocycles. The molecule has 2 aromatic rings. The Morgan fingerprint density at radius 2 is 1.52 bits per heavy atom. The van der Waals surface area contributed by atoms with Crippen LogP contribution in [0.3, 0.4) is 0 Å². The molecule has 0 radical (unpaired) electrons. The first-order valence-electron chi connectivity index (χ1n) is 6.27. The van der Waals surface area contributed by atoms with Crippen LogP contribution >= 0.6 is 0 Å². The highest BCUT2D eigenvalue weighted by Gasteiger charge is 2.22. The first-order chi connectivity index (χ1) is 9.95. The summed E-state index contributed by atoms with van der Waals surface area (Å²) in [4.78, 5) is 0. The number of nitrogens with one attached hydrogen (secondary N) is 1. The third-order valence-electron chi connectivity index (χ3n) is 3.04. The molecule has 112 valence electrons. The Hall–Kier alpha value is -1.95. The van der Waals surface area contributed by atoms with E-state index in [1.807, 2.05) is 0 Å². The molecule has 0 amide bonds. The van der Waals surface area contributed by atoms with Crippen LogP contribution in [0.25, 0.3) is 0 Å². The number of benzene rings is 2. The predicted octanol–water partition coefficient (Wildman–Crippen LogP) is 4.08. The lowest BCUT2D eigenvalue weighted by molar-refractivity contribution is 0.440. The molecule has 2 aromatic carbocycles. The standard InChI is InChI=1S/C15H12F5N/c1-2-21-15(9-4-3-5-10(16)13(9)19)8-6-11(17)14(20)12(18)7-8/h3-7,15,21H,2H2,1H3. The quantitative estimate of drug-likeness (QED) is 0.663. The van der Waals surface area contributed by atoms with E-state index in [1.54, 1.807) is 6.92 Å². The van der Waals surface area contributed by atoms with Crippen LogP contribution in [0.15, 0.2) is 30.3 Å². The van der Waals surface area contributed by atoms with Gasteiger partial charge in [-0.2, -0.15) is 0 Å². The summed E-state index contributed by atoms with van der Waals surface area (Å²) in [5, 5.41) is 2.79. The van der Waals surface area contributed by atoms with Crippen LogP contribution in [-0.4, -0.2) is 6.54 Å². The van der Waals surface area contributed by atoms with Crippen LogP contribution in [0, 0.1) is 29.1 Å². The molecular formula is C15H12F5N. The third kappa shape index (κ3) is 3.05. The third-order valence-corrected chi connectivity index (χ3v) is 3.04. The molecule has 1 N–H and O–H groups in total. The van der Waals surface area contributed by atoms with Crippen molar-refractivity contribution in [2.75, 3.05) is 6.54 Å². The molecule has 1 atom stereocenters. The van der Waals surface area contributed by atoms with Gasteiger partial charge >= 0.3 is 0 Å². The van der Waals surface area contributed by atoms with E-state index in [1.165, 1.54) is 12.1 Å². The second kappa shape index (κ2) is 6.22. The van der Waals surface area contributed by atoms with E-state index < -0.39 is 35.1 Å². The molecule has 1 unspecified atom stereocenters. The Kier molecular flexibility index (Phi) is 4.57. The van der Waals surface area contributed by atoms with Crippen molar-refractivity contribution in [3.63, 3.8) is 0 Å². The van der Waals surface area contributed by atoms with E-state index in [2.05, 4.69) is 5.32 Å². The van der Waals surface area contributed by atoms with Gasteiger partial charge in [-0.05, 0) is 30.3 Å². The van der Waals surface area contributed by atoms with Crippen molar-refractivity contribution in [2.45, 2.75) is 13.0 Å². The second-order valence-electron chi connectivity index (χ2n) is 4.43. The van der Waals surface area contributed by atoms with Crippen molar-refractivity contribution in [3.05, 3.63) is 70.5 Å². The molecule has 1 nitrogen and oxygen atoms in total. The number of hydrogen-bond acceptors (Lipinski definition) is 1. The van der Waals surface area contributed by atoms with Crippen molar-refractivity contribution in [2.24, 2.45) is 0 Å². The zero-order valence-corrected chi connectivity index (χ0v) is 11.1. The van der Waals surface area contributed by atoms with Gasteiger partial charge in [0.2, 0.25) is 0 Å². The molecule has 0 aliphatic heterocycles. The minimum atomic E-state index is -1.60. The lowest BCUT2D eigenvalue weighted by Crippen LogP contribution is -2.24. The number of rotatable bonds is 4. The van der Waals surface area contributed by atoms with Gasteiger partial charge in [-0.15, -0.1) is 0 Å². The molecule has 0 fully saturated rings. The van der Waals surface area contributed by atoms with Crippen molar-refractivity contribution in [3.8, 4) is 0 Å². The Labute approximate surface area is 118 Å². The van der Waals surface area contributed by atoms with Gasteiger partial charge in [0.15, 0.2) is 29.1 Å². The minimum Gasteiger partial charge on any atom is -0.306 e. The van der Waals surface area contributed by atoms with Crippen LogP contribution in [0.2, 0.25) is 0 Å². The fourth-order valence-electron chi connectivity index (χ4n) is 2.10. The Morgan fingerprint density at radius 3 is 2.10 bits per heavy atom. The van der Waals surface area contributed by atoms with Gasteiger partial charge in [-0.25, -0.2) is 22.0 Å². The molecule has 2 rings (SSSR count). The van der Waals surface area contributed by atoms with Gasteiger partial charge in [0, 0.05) is 5.56 Å². The van der Waals surface area contributed by atoms with E-state index in [0.29, 0.717) is 6.54 Å². The highest BCUT2D eigenvalue weighted by atomic mass is 19.2. The monoisotopic (exact) mass is 301 g/mol. The van der Waals surface area contributed by atoms with Crippen molar-refractivity contribution < 1.29 is 22.0 Å². The average molecular weight is 301 g/mol. The van der Waals surface area contributed by atoms with E-state index in [9.17, 15) is 22.0 Å². The van der Waals surface area contributed by atoms with Gasteiger partial charge in [-0.3, -0.25) is 0 Å². The van der Waals surface area contributed by atoms with Crippen LogP contribution in [-0.2, 0) is 0 Å². The van der Waals surface area contributed by atoms with Gasteiger partial charge in [0.1, 0.15) is 0 Å². The van der Waals surface area contributed by atoms with E-state index >= 15 is 0 Å². The van der Waals surface area contributed by atoms with Crippen LogP contribution in [0.5, 0.6) is 0 Å². The smallest absolute Gasteiger partial charge is 0.194 e. The van der Waals surface area contributed by atoms with Gasteiger partial charge in [0.25, 0.3) is 0 Å². The second-order valence-corrected chi connectivity index (χ2v) is 4.43. The minimum absolute atomic E-state index is 0.0299. The fourth-order valence-corrected chi connectivity index (χ4v) is 2.10.